The minimum absolute atomic E-state index is 0.0583. The number of piperidine rings is 1. The largest absolute Gasteiger partial charge is 0.481 e. The van der Waals surface area contributed by atoms with Gasteiger partial charge in [0, 0.05) is 43.7 Å². The first kappa shape index (κ1) is 19.8. The fraction of sp³-hybridized carbons (Fsp3) is 0.474. The standard InChI is InChI=1S/C19H26N6O3/c1-24-8-6-16(23-24)22-17(26)13-25-9-4-14(5-10-25)12-21-19(27)15-3-7-20-18(11-15)28-2/h3,6-8,11,14H,4-5,9-10,12-13H2,1-2H3,(H,21,27)(H,22,23,26). The highest BCUT2D eigenvalue weighted by Crippen LogP contribution is 2.17. The van der Waals surface area contributed by atoms with Crippen molar-refractivity contribution < 1.29 is 14.3 Å². The summed E-state index contributed by atoms with van der Waals surface area (Å²) in [5, 5.41) is 9.93. The molecule has 150 valence electrons. The Morgan fingerprint density at radius 3 is 2.75 bits per heavy atom. The van der Waals surface area contributed by atoms with Crippen LogP contribution in [0.2, 0.25) is 0 Å². The Hall–Kier alpha value is -2.94. The number of ether oxygens (including phenoxy) is 1. The SMILES string of the molecule is COc1cc(C(=O)NCC2CCN(CC(=O)Nc3ccn(C)n3)CC2)ccn1. The molecule has 0 radical (unpaired) electrons. The highest BCUT2D eigenvalue weighted by atomic mass is 16.5. The third kappa shape index (κ3) is 5.53. The molecular weight excluding hydrogens is 360 g/mol. The molecule has 1 fully saturated rings. The van der Waals surface area contributed by atoms with E-state index in [1.165, 1.54) is 7.11 Å². The van der Waals surface area contributed by atoms with Gasteiger partial charge in [0.15, 0.2) is 5.82 Å². The molecule has 0 unspecified atom stereocenters. The molecule has 0 saturated carbocycles. The second kappa shape index (κ2) is 9.32. The lowest BCUT2D eigenvalue weighted by atomic mass is 9.96. The fourth-order valence-electron chi connectivity index (χ4n) is 3.22. The molecule has 3 heterocycles. The van der Waals surface area contributed by atoms with Gasteiger partial charge >= 0.3 is 0 Å². The van der Waals surface area contributed by atoms with Gasteiger partial charge in [-0.3, -0.25) is 19.2 Å². The number of amides is 2. The van der Waals surface area contributed by atoms with E-state index in [2.05, 4.69) is 25.6 Å². The predicted octanol–water partition coefficient (Wildman–Crippen LogP) is 0.904. The number of methoxy groups -OCH3 is 1. The molecule has 0 atom stereocenters. The molecule has 0 aliphatic carbocycles. The van der Waals surface area contributed by atoms with Crippen molar-refractivity contribution in [2.45, 2.75) is 12.8 Å². The second-order valence-electron chi connectivity index (χ2n) is 6.94. The van der Waals surface area contributed by atoms with Crippen molar-refractivity contribution >= 4 is 17.6 Å². The van der Waals surface area contributed by atoms with E-state index in [1.54, 1.807) is 35.3 Å². The van der Waals surface area contributed by atoms with Gasteiger partial charge in [-0.1, -0.05) is 0 Å². The second-order valence-corrected chi connectivity index (χ2v) is 6.94. The van der Waals surface area contributed by atoms with Crippen LogP contribution in [0, 0.1) is 5.92 Å². The lowest BCUT2D eigenvalue weighted by Crippen LogP contribution is -2.41. The molecule has 1 saturated heterocycles. The normalized spacial score (nSPS) is 15.2. The van der Waals surface area contributed by atoms with Crippen molar-refractivity contribution in [3.8, 4) is 5.88 Å². The highest BCUT2D eigenvalue weighted by Gasteiger charge is 2.21. The van der Waals surface area contributed by atoms with Crippen LogP contribution in [0.5, 0.6) is 5.88 Å². The Labute approximate surface area is 164 Å². The Bertz CT molecular complexity index is 814. The summed E-state index contributed by atoms with van der Waals surface area (Å²) in [6.45, 7) is 2.64. The van der Waals surface area contributed by atoms with E-state index in [9.17, 15) is 9.59 Å². The minimum Gasteiger partial charge on any atom is -0.481 e. The zero-order valence-corrected chi connectivity index (χ0v) is 16.2. The molecule has 9 nitrogen and oxygen atoms in total. The van der Waals surface area contributed by atoms with Gasteiger partial charge in [-0.05, 0) is 37.9 Å². The fourth-order valence-corrected chi connectivity index (χ4v) is 3.22. The first-order valence-electron chi connectivity index (χ1n) is 9.33. The molecular formula is C19H26N6O3. The van der Waals surface area contributed by atoms with Gasteiger partial charge in [-0.25, -0.2) is 4.98 Å². The van der Waals surface area contributed by atoms with Gasteiger partial charge in [0.1, 0.15) is 0 Å². The van der Waals surface area contributed by atoms with E-state index in [4.69, 9.17) is 4.74 Å². The van der Waals surface area contributed by atoms with Crippen molar-refractivity contribution in [1.29, 1.82) is 0 Å². The van der Waals surface area contributed by atoms with Crippen LogP contribution in [-0.4, -0.2) is 64.8 Å². The van der Waals surface area contributed by atoms with Crippen LogP contribution < -0.4 is 15.4 Å². The van der Waals surface area contributed by atoms with E-state index in [0.29, 0.717) is 36.3 Å². The van der Waals surface area contributed by atoms with E-state index in [0.717, 1.165) is 25.9 Å². The van der Waals surface area contributed by atoms with Gasteiger partial charge in [-0.2, -0.15) is 5.10 Å². The Morgan fingerprint density at radius 1 is 1.29 bits per heavy atom. The minimum atomic E-state index is -0.127. The summed E-state index contributed by atoms with van der Waals surface area (Å²) in [6, 6.07) is 5.06. The number of pyridine rings is 1. The molecule has 2 aromatic heterocycles. The number of nitrogens with zero attached hydrogens (tertiary/aromatic N) is 4. The molecule has 28 heavy (non-hydrogen) atoms. The van der Waals surface area contributed by atoms with Crippen LogP contribution in [0.25, 0.3) is 0 Å². The Morgan fingerprint density at radius 2 is 2.07 bits per heavy atom. The maximum atomic E-state index is 12.3. The van der Waals surface area contributed by atoms with Gasteiger partial charge < -0.3 is 15.4 Å². The average molecular weight is 386 g/mol. The number of rotatable bonds is 7. The van der Waals surface area contributed by atoms with Gasteiger partial charge in [0.2, 0.25) is 11.8 Å². The zero-order valence-electron chi connectivity index (χ0n) is 16.2. The number of aryl methyl sites for hydroxylation is 1. The summed E-state index contributed by atoms with van der Waals surface area (Å²) in [5.74, 6) is 1.21. The smallest absolute Gasteiger partial charge is 0.251 e. The number of nitrogens with one attached hydrogen (secondary N) is 2. The zero-order chi connectivity index (χ0) is 19.9. The summed E-state index contributed by atoms with van der Waals surface area (Å²) < 4.78 is 6.70. The third-order valence-electron chi connectivity index (χ3n) is 4.81. The van der Waals surface area contributed by atoms with Gasteiger partial charge in [0.05, 0.1) is 13.7 Å². The quantitative estimate of drug-likeness (QED) is 0.733. The summed E-state index contributed by atoms with van der Waals surface area (Å²) >= 11 is 0. The van der Waals surface area contributed by atoms with Crippen molar-refractivity contribution in [2.24, 2.45) is 13.0 Å². The number of carbonyl (C=O) groups excluding carboxylic acids is 2. The predicted molar refractivity (Wildman–Crippen MR) is 104 cm³/mol. The van der Waals surface area contributed by atoms with Gasteiger partial charge in [-0.15, -0.1) is 0 Å². The van der Waals surface area contributed by atoms with Crippen LogP contribution in [0.3, 0.4) is 0 Å². The van der Waals surface area contributed by atoms with Crippen LogP contribution in [0.4, 0.5) is 5.82 Å². The Kier molecular flexibility index (Phi) is 6.59. The molecule has 2 N–H and O–H groups in total. The molecule has 2 aromatic rings. The van der Waals surface area contributed by atoms with Crippen molar-refractivity contribution in [3.05, 3.63) is 36.2 Å². The number of carbonyl (C=O) groups is 2. The maximum absolute atomic E-state index is 12.3. The van der Waals surface area contributed by atoms with Crippen molar-refractivity contribution in [2.75, 3.05) is 38.6 Å². The van der Waals surface area contributed by atoms with Crippen molar-refractivity contribution in [3.63, 3.8) is 0 Å². The Balaban J connectivity index is 1.38. The first-order valence-corrected chi connectivity index (χ1v) is 9.33. The number of anilines is 1. The van der Waals surface area contributed by atoms with E-state index >= 15 is 0 Å². The highest BCUT2D eigenvalue weighted by molar-refractivity contribution is 5.94. The monoisotopic (exact) mass is 386 g/mol. The summed E-state index contributed by atoms with van der Waals surface area (Å²) in [7, 11) is 3.33. The molecule has 1 aliphatic rings. The van der Waals surface area contributed by atoms with Gasteiger partial charge in [0.25, 0.3) is 5.91 Å². The topological polar surface area (TPSA) is 101 Å². The van der Waals surface area contributed by atoms with E-state index < -0.39 is 0 Å². The summed E-state index contributed by atoms with van der Waals surface area (Å²) in [4.78, 5) is 30.5. The molecule has 9 heteroatoms. The lowest BCUT2D eigenvalue weighted by molar-refractivity contribution is -0.117. The molecule has 3 rings (SSSR count). The molecule has 2 amide bonds. The summed E-state index contributed by atoms with van der Waals surface area (Å²) in [5.41, 5.74) is 0.537. The number of hydrogen-bond donors (Lipinski definition) is 2. The average Bonchev–Trinajstić information content (AvgIpc) is 3.11. The van der Waals surface area contributed by atoms with Crippen LogP contribution >= 0.6 is 0 Å². The molecule has 0 aromatic carbocycles. The number of aromatic nitrogens is 3. The molecule has 0 bridgehead atoms. The first-order chi connectivity index (χ1) is 13.5. The van der Waals surface area contributed by atoms with Crippen LogP contribution in [0.1, 0.15) is 23.2 Å². The van der Waals surface area contributed by atoms with E-state index in [1.807, 2.05) is 7.05 Å². The molecule has 0 spiro atoms. The molecule has 1 aliphatic heterocycles. The van der Waals surface area contributed by atoms with Crippen LogP contribution in [-0.2, 0) is 11.8 Å². The number of hydrogen-bond acceptors (Lipinski definition) is 6. The summed E-state index contributed by atoms with van der Waals surface area (Å²) in [6.07, 6.45) is 5.23. The van der Waals surface area contributed by atoms with Crippen LogP contribution in [0.15, 0.2) is 30.6 Å². The lowest BCUT2D eigenvalue weighted by Gasteiger charge is -2.31. The third-order valence-corrected chi connectivity index (χ3v) is 4.81. The van der Waals surface area contributed by atoms with Crippen molar-refractivity contribution in [1.82, 2.24) is 25.0 Å². The van der Waals surface area contributed by atoms with E-state index in [-0.39, 0.29) is 11.8 Å². The maximum Gasteiger partial charge on any atom is 0.251 e. The number of likely N-dealkylation sites (tertiary alicyclic amines) is 1.